The number of anilines is 1. The van der Waals surface area contributed by atoms with Crippen molar-refractivity contribution in [2.75, 3.05) is 18.4 Å². The topological polar surface area (TPSA) is 84.2 Å². The number of hydrogen-bond donors (Lipinski definition) is 3. The Bertz CT molecular complexity index is 516. The number of halogens is 1. The number of amides is 2. The summed E-state index contributed by atoms with van der Waals surface area (Å²) in [6.45, 7) is 4.21. The smallest absolute Gasteiger partial charge is 0.248 e. The Kier molecular flexibility index (Phi) is 7.35. The van der Waals surface area contributed by atoms with Crippen molar-refractivity contribution in [1.82, 2.24) is 5.32 Å². The second-order valence-corrected chi connectivity index (χ2v) is 5.76. The maximum Gasteiger partial charge on any atom is 0.248 e. The number of nitrogens with one attached hydrogen (secondary N) is 2. The van der Waals surface area contributed by atoms with Crippen molar-refractivity contribution in [3.8, 4) is 0 Å². The molecule has 1 aliphatic rings. The summed E-state index contributed by atoms with van der Waals surface area (Å²) in [5, 5.41) is 6.18. The molecule has 4 N–H and O–H groups in total. The summed E-state index contributed by atoms with van der Waals surface area (Å²) in [5.41, 5.74) is 6.26. The first kappa shape index (κ1) is 18.5. The molecule has 6 heteroatoms. The standard InChI is InChI=1S/C16H23N3O2.ClH/c1-11(12-5-7-18-8-6-12)9-15(20)19-14-4-2-3-13(10-14)16(17)21;/h2-4,10-12,18H,5-9H2,1H3,(H2,17,21)(H,19,20);1H. The average Bonchev–Trinajstić information content (AvgIpc) is 2.48. The quantitative estimate of drug-likeness (QED) is 0.775. The van der Waals surface area contributed by atoms with E-state index in [1.54, 1.807) is 24.3 Å². The third-order valence-electron chi connectivity index (χ3n) is 4.13. The van der Waals surface area contributed by atoms with Crippen molar-refractivity contribution < 1.29 is 9.59 Å². The van der Waals surface area contributed by atoms with Gasteiger partial charge in [0.2, 0.25) is 11.8 Å². The lowest BCUT2D eigenvalue weighted by atomic mass is 9.84. The Morgan fingerprint density at radius 2 is 2.05 bits per heavy atom. The number of piperidine rings is 1. The van der Waals surface area contributed by atoms with Crippen molar-refractivity contribution in [3.05, 3.63) is 29.8 Å². The van der Waals surface area contributed by atoms with Crippen LogP contribution in [0.2, 0.25) is 0 Å². The van der Waals surface area contributed by atoms with E-state index in [1.165, 1.54) is 0 Å². The number of rotatable bonds is 5. The third-order valence-corrected chi connectivity index (χ3v) is 4.13. The third kappa shape index (κ3) is 5.31. The van der Waals surface area contributed by atoms with Crippen LogP contribution in [0.25, 0.3) is 0 Å². The van der Waals surface area contributed by atoms with E-state index in [4.69, 9.17) is 5.73 Å². The highest BCUT2D eigenvalue weighted by Crippen LogP contribution is 2.24. The van der Waals surface area contributed by atoms with Crippen LogP contribution in [0.4, 0.5) is 5.69 Å². The molecule has 1 atom stereocenters. The van der Waals surface area contributed by atoms with Crippen LogP contribution < -0.4 is 16.4 Å². The van der Waals surface area contributed by atoms with Crippen molar-refractivity contribution in [2.45, 2.75) is 26.2 Å². The fraction of sp³-hybridized carbons (Fsp3) is 0.500. The lowest BCUT2D eigenvalue weighted by Gasteiger charge is -2.27. The molecular weight excluding hydrogens is 302 g/mol. The van der Waals surface area contributed by atoms with E-state index >= 15 is 0 Å². The Balaban J connectivity index is 0.00000242. The highest BCUT2D eigenvalue weighted by atomic mass is 35.5. The molecule has 22 heavy (non-hydrogen) atoms. The van der Waals surface area contributed by atoms with Crippen LogP contribution in [0.1, 0.15) is 36.5 Å². The Labute approximate surface area is 137 Å². The highest BCUT2D eigenvalue weighted by molar-refractivity contribution is 5.96. The molecule has 0 radical (unpaired) electrons. The predicted octanol–water partition coefficient (Wildman–Crippen LogP) is 2.17. The van der Waals surface area contributed by atoms with Crippen LogP contribution in [-0.4, -0.2) is 24.9 Å². The molecule has 1 aliphatic heterocycles. The summed E-state index contributed by atoms with van der Waals surface area (Å²) in [7, 11) is 0. The molecule has 2 rings (SSSR count). The van der Waals surface area contributed by atoms with Crippen molar-refractivity contribution >= 4 is 29.9 Å². The molecule has 0 bridgehead atoms. The molecule has 0 spiro atoms. The molecule has 0 aromatic heterocycles. The van der Waals surface area contributed by atoms with E-state index < -0.39 is 5.91 Å². The Morgan fingerprint density at radius 3 is 2.68 bits per heavy atom. The van der Waals surface area contributed by atoms with E-state index in [-0.39, 0.29) is 18.3 Å². The van der Waals surface area contributed by atoms with E-state index in [9.17, 15) is 9.59 Å². The number of carbonyl (C=O) groups is 2. The maximum absolute atomic E-state index is 12.1. The van der Waals surface area contributed by atoms with Gasteiger partial charge in [0, 0.05) is 17.7 Å². The van der Waals surface area contributed by atoms with E-state index in [0.717, 1.165) is 25.9 Å². The minimum atomic E-state index is -0.492. The van der Waals surface area contributed by atoms with Crippen LogP contribution in [0.5, 0.6) is 0 Å². The average molecular weight is 326 g/mol. The van der Waals surface area contributed by atoms with Gasteiger partial charge in [-0.25, -0.2) is 0 Å². The van der Waals surface area contributed by atoms with Gasteiger partial charge in [-0.1, -0.05) is 13.0 Å². The van der Waals surface area contributed by atoms with Crippen LogP contribution >= 0.6 is 12.4 Å². The van der Waals surface area contributed by atoms with Gasteiger partial charge in [-0.3, -0.25) is 9.59 Å². The number of benzene rings is 1. The van der Waals surface area contributed by atoms with Gasteiger partial charge in [0.25, 0.3) is 0 Å². The van der Waals surface area contributed by atoms with Crippen LogP contribution in [0.15, 0.2) is 24.3 Å². The minimum absolute atomic E-state index is 0. The molecule has 1 fully saturated rings. The van der Waals surface area contributed by atoms with Gasteiger partial charge in [0.05, 0.1) is 0 Å². The van der Waals surface area contributed by atoms with Crippen LogP contribution in [0, 0.1) is 11.8 Å². The molecule has 1 aromatic rings. The summed E-state index contributed by atoms with van der Waals surface area (Å²) < 4.78 is 0. The molecule has 1 heterocycles. The van der Waals surface area contributed by atoms with E-state index in [2.05, 4.69) is 17.6 Å². The molecule has 0 saturated carbocycles. The predicted molar refractivity (Wildman–Crippen MR) is 90.2 cm³/mol. The molecule has 0 aliphatic carbocycles. The fourth-order valence-electron chi connectivity index (χ4n) is 2.83. The first-order valence-electron chi connectivity index (χ1n) is 7.46. The zero-order chi connectivity index (χ0) is 15.2. The summed E-state index contributed by atoms with van der Waals surface area (Å²) in [6, 6.07) is 6.72. The summed E-state index contributed by atoms with van der Waals surface area (Å²) in [4.78, 5) is 23.2. The molecule has 1 saturated heterocycles. The first-order chi connectivity index (χ1) is 10.1. The van der Waals surface area contributed by atoms with Gasteiger partial charge in [0.15, 0.2) is 0 Å². The van der Waals surface area contributed by atoms with Crippen molar-refractivity contribution in [1.29, 1.82) is 0 Å². The van der Waals surface area contributed by atoms with Gasteiger partial charge < -0.3 is 16.4 Å². The number of nitrogens with two attached hydrogens (primary N) is 1. The second kappa shape index (κ2) is 8.76. The number of hydrogen-bond acceptors (Lipinski definition) is 3. The van der Waals surface area contributed by atoms with Crippen LogP contribution in [-0.2, 0) is 4.79 Å². The summed E-state index contributed by atoms with van der Waals surface area (Å²) >= 11 is 0. The van der Waals surface area contributed by atoms with Crippen molar-refractivity contribution in [3.63, 3.8) is 0 Å². The summed E-state index contributed by atoms with van der Waals surface area (Å²) in [6.07, 6.45) is 2.77. The van der Waals surface area contributed by atoms with Gasteiger partial charge in [-0.05, 0) is 56.0 Å². The number of primary amides is 1. The molecular formula is C16H24ClN3O2. The molecule has 122 valence electrons. The lowest BCUT2D eigenvalue weighted by molar-refractivity contribution is -0.117. The Morgan fingerprint density at radius 1 is 1.36 bits per heavy atom. The first-order valence-corrected chi connectivity index (χ1v) is 7.46. The normalized spacial score (nSPS) is 16.4. The SMILES string of the molecule is CC(CC(=O)Nc1cccc(C(N)=O)c1)C1CCNCC1.Cl. The number of carbonyl (C=O) groups excluding carboxylic acids is 2. The van der Waals surface area contributed by atoms with Gasteiger partial charge in [-0.2, -0.15) is 0 Å². The molecule has 5 nitrogen and oxygen atoms in total. The Hall–Kier alpha value is -1.59. The summed E-state index contributed by atoms with van der Waals surface area (Å²) in [5.74, 6) is 0.470. The second-order valence-electron chi connectivity index (χ2n) is 5.76. The van der Waals surface area contributed by atoms with Crippen LogP contribution in [0.3, 0.4) is 0 Å². The zero-order valence-electron chi connectivity index (χ0n) is 12.8. The van der Waals surface area contributed by atoms with E-state index in [0.29, 0.717) is 29.5 Å². The minimum Gasteiger partial charge on any atom is -0.366 e. The van der Waals surface area contributed by atoms with Crippen molar-refractivity contribution in [2.24, 2.45) is 17.6 Å². The maximum atomic E-state index is 12.1. The molecule has 2 amide bonds. The molecule has 1 unspecified atom stereocenters. The lowest BCUT2D eigenvalue weighted by Crippen LogP contribution is -2.32. The van der Waals surface area contributed by atoms with E-state index in [1.807, 2.05) is 0 Å². The molecule has 1 aromatic carbocycles. The van der Waals surface area contributed by atoms with Gasteiger partial charge in [-0.15, -0.1) is 12.4 Å². The van der Waals surface area contributed by atoms with Gasteiger partial charge >= 0.3 is 0 Å². The zero-order valence-corrected chi connectivity index (χ0v) is 13.6. The highest BCUT2D eigenvalue weighted by Gasteiger charge is 2.22. The van der Waals surface area contributed by atoms with Gasteiger partial charge in [0.1, 0.15) is 0 Å². The fourth-order valence-corrected chi connectivity index (χ4v) is 2.83. The monoisotopic (exact) mass is 325 g/mol. The largest absolute Gasteiger partial charge is 0.366 e.